The summed E-state index contributed by atoms with van der Waals surface area (Å²) in [7, 11) is 0. The molecular formula is C13H14FN5O. The summed E-state index contributed by atoms with van der Waals surface area (Å²) in [6, 6.07) is 5.96. The molecule has 1 atom stereocenters. The first kappa shape index (κ1) is 12.6. The first-order chi connectivity index (χ1) is 9.74. The maximum Gasteiger partial charge on any atom is 0.321 e. The van der Waals surface area contributed by atoms with E-state index in [4.69, 9.17) is 0 Å². The van der Waals surface area contributed by atoms with E-state index in [9.17, 15) is 9.18 Å². The van der Waals surface area contributed by atoms with Crippen molar-refractivity contribution in [2.45, 2.75) is 12.5 Å². The number of para-hydroxylation sites is 1. The first-order valence-electron chi connectivity index (χ1n) is 6.40. The van der Waals surface area contributed by atoms with Crippen molar-refractivity contribution in [3.8, 4) is 0 Å². The molecule has 3 rings (SSSR count). The minimum absolute atomic E-state index is 0.129. The van der Waals surface area contributed by atoms with Crippen molar-refractivity contribution >= 4 is 11.7 Å². The number of anilines is 1. The number of nitrogens with one attached hydrogen (secondary N) is 1. The summed E-state index contributed by atoms with van der Waals surface area (Å²) in [6.07, 6.45) is 4.21. The molecule has 0 bridgehead atoms. The van der Waals surface area contributed by atoms with Crippen LogP contribution in [0.2, 0.25) is 0 Å². The molecule has 104 valence electrons. The quantitative estimate of drug-likeness (QED) is 0.910. The van der Waals surface area contributed by atoms with Gasteiger partial charge in [0.2, 0.25) is 0 Å². The molecule has 6 nitrogen and oxygen atoms in total. The Labute approximate surface area is 115 Å². The number of hydrogen-bond donors (Lipinski definition) is 1. The van der Waals surface area contributed by atoms with Crippen LogP contribution in [0.25, 0.3) is 0 Å². The lowest BCUT2D eigenvalue weighted by Gasteiger charge is -2.17. The number of nitrogens with zero attached hydrogens (tertiary/aromatic N) is 4. The van der Waals surface area contributed by atoms with Crippen LogP contribution in [-0.2, 0) is 0 Å². The van der Waals surface area contributed by atoms with Gasteiger partial charge in [-0.15, -0.1) is 5.10 Å². The van der Waals surface area contributed by atoms with E-state index < -0.39 is 5.82 Å². The van der Waals surface area contributed by atoms with E-state index in [1.54, 1.807) is 34.1 Å². The third kappa shape index (κ3) is 2.47. The highest BCUT2D eigenvalue weighted by atomic mass is 19.1. The summed E-state index contributed by atoms with van der Waals surface area (Å²) in [6.45, 7) is 1.16. The summed E-state index contributed by atoms with van der Waals surface area (Å²) in [5, 5.41) is 10.3. The van der Waals surface area contributed by atoms with Gasteiger partial charge in [-0.3, -0.25) is 0 Å². The molecule has 7 heteroatoms. The molecule has 1 aromatic heterocycles. The second-order valence-corrected chi connectivity index (χ2v) is 4.68. The Balaban J connectivity index is 1.63. The Morgan fingerprint density at radius 1 is 1.40 bits per heavy atom. The average molecular weight is 275 g/mol. The topological polar surface area (TPSA) is 63.1 Å². The molecule has 1 aromatic carbocycles. The zero-order valence-electron chi connectivity index (χ0n) is 10.7. The Morgan fingerprint density at radius 3 is 3.00 bits per heavy atom. The monoisotopic (exact) mass is 275 g/mol. The molecule has 0 unspecified atom stereocenters. The standard InChI is InChI=1S/C13H14FN5O/c14-11-3-1-2-4-12(11)16-13(20)18-7-5-10(9-18)19-8-6-15-17-19/h1-4,6,8,10H,5,7,9H2,(H,16,20)/t10-/m0/s1. The summed E-state index contributed by atoms with van der Waals surface area (Å²) in [4.78, 5) is 13.7. The molecule has 2 aromatic rings. The fourth-order valence-electron chi connectivity index (χ4n) is 2.31. The zero-order valence-corrected chi connectivity index (χ0v) is 10.7. The Hall–Kier alpha value is -2.44. The van der Waals surface area contributed by atoms with Crippen molar-refractivity contribution in [2.24, 2.45) is 0 Å². The molecule has 1 N–H and O–H groups in total. The Kier molecular flexibility index (Phi) is 3.32. The predicted molar refractivity (Wildman–Crippen MR) is 70.7 cm³/mol. The molecule has 2 amide bonds. The fraction of sp³-hybridized carbons (Fsp3) is 0.308. The predicted octanol–water partition coefficient (Wildman–Crippen LogP) is 1.90. The third-order valence-electron chi connectivity index (χ3n) is 3.38. The zero-order chi connectivity index (χ0) is 13.9. The minimum atomic E-state index is -0.437. The van der Waals surface area contributed by atoms with Gasteiger partial charge in [-0.2, -0.15) is 0 Å². The van der Waals surface area contributed by atoms with Gasteiger partial charge in [0.1, 0.15) is 5.82 Å². The van der Waals surface area contributed by atoms with E-state index >= 15 is 0 Å². The average Bonchev–Trinajstić information content (AvgIpc) is 3.11. The van der Waals surface area contributed by atoms with Gasteiger partial charge >= 0.3 is 6.03 Å². The number of rotatable bonds is 2. The summed E-state index contributed by atoms with van der Waals surface area (Å²) >= 11 is 0. The minimum Gasteiger partial charge on any atom is -0.322 e. The number of aromatic nitrogens is 3. The van der Waals surface area contributed by atoms with E-state index in [0.29, 0.717) is 13.1 Å². The number of amides is 2. The highest BCUT2D eigenvalue weighted by Crippen LogP contribution is 2.21. The SMILES string of the molecule is O=C(Nc1ccccc1F)N1CC[C@H](n2ccnn2)C1. The largest absolute Gasteiger partial charge is 0.322 e. The molecule has 0 aliphatic carbocycles. The highest BCUT2D eigenvalue weighted by molar-refractivity contribution is 5.89. The van der Waals surface area contributed by atoms with Crippen LogP contribution in [0.3, 0.4) is 0 Å². The molecule has 2 heterocycles. The molecule has 1 aliphatic heterocycles. The van der Waals surface area contributed by atoms with Gasteiger partial charge in [0.05, 0.1) is 17.9 Å². The molecule has 20 heavy (non-hydrogen) atoms. The van der Waals surface area contributed by atoms with Crippen molar-refractivity contribution in [2.75, 3.05) is 18.4 Å². The second-order valence-electron chi connectivity index (χ2n) is 4.68. The van der Waals surface area contributed by atoms with Crippen LogP contribution >= 0.6 is 0 Å². The van der Waals surface area contributed by atoms with E-state index in [-0.39, 0.29) is 17.8 Å². The van der Waals surface area contributed by atoms with Crippen LogP contribution in [0, 0.1) is 5.82 Å². The maximum atomic E-state index is 13.5. The van der Waals surface area contributed by atoms with Crippen molar-refractivity contribution < 1.29 is 9.18 Å². The lowest BCUT2D eigenvalue weighted by Crippen LogP contribution is -2.33. The number of halogens is 1. The van der Waals surface area contributed by atoms with Crippen LogP contribution in [0.4, 0.5) is 14.9 Å². The number of carbonyl (C=O) groups excluding carboxylic acids is 1. The van der Waals surface area contributed by atoms with E-state index in [0.717, 1.165) is 6.42 Å². The van der Waals surface area contributed by atoms with Gasteiger partial charge in [0.15, 0.2) is 0 Å². The number of carbonyl (C=O) groups is 1. The van der Waals surface area contributed by atoms with Gasteiger partial charge < -0.3 is 10.2 Å². The molecule has 0 spiro atoms. The van der Waals surface area contributed by atoms with Crippen LogP contribution in [0.1, 0.15) is 12.5 Å². The van der Waals surface area contributed by atoms with E-state index in [2.05, 4.69) is 15.6 Å². The molecule has 0 saturated carbocycles. The van der Waals surface area contributed by atoms with E-state index in [1.165, 1.54) is 12.1 Å². The van der Waals surface area contributed by atoms with Crippen molar-refractivity contribution in [1.29, 1.82) is 0 Å². The third-order valence-corrected chi connectivity index (χ3v) is 3.38. The second kappa shape index (κ2) is 5.28. The Bertz CT molecular complexity index is 601. The van der Waals surface area contributed by atoms with Crippen molar-refractivity contribution in [3.63, 3.8) is 0 Å². The summed E-state index contributed by atoms with van der Waals surface area (Å²) in [5.74, 6) is -0.437. The van der Waals surface area contributed by atoms with Crippen molar-refractivity contribution in [1.82, 2.24) is 19.9 Å². The first-order valence-corrected chi connectivity index (χ1v) is 6.40. The van der Waals surface area contributed by atoms with Gasteiger partial charge in [-0.25, -0.2) is 13.9 Å². The maximum absolute atomic E-state index is 13.5. The van der Waals surface area contributed by atoms with Crippen molar-refractivity contribution in [3.05, 3.63) is 42.5 Å². The Morgan fingerprint density at radius 2 is 2.25 bits per heavy atom. The smallest absolute Gasteiger partial charge is 0.321 e. The molecule has 1 aliphatic rings. The van der Waals surface area contributed by atoms with Crippen LogP contribution in [-0.4, -0.2) is 39.0 Å². The molecule has 0 radical (unpaired) electrons. The summed E-state index contributed by atoms with van der Waals surface area (Å²) in [5.41, 5.74) is 0.196. The van der Waals surface area contributed by atoms with Gasteiger partial charge in [0.25, 0.3) is 0 Å². The fourth-order valence-corrected chi connectivity index (χ4v) is 2.31. The summed E-state index contributed by atoms with van der Waals surface area (Å²) < 4.78 is 15.2. The van der Waals surface area contributed by atoms with Gasteiger partial charge in [0, 0.05) is 19.3 Å². The van der Waals surface area contributed by atoms with Crippen LogP contribution in [0.5, 0.6) is 0 Å². The molecule has 1 saturated heterocycles. The number of likely N-dealkylation sites (tertiary alicyclic amines) is 1. The lowest BCUT2D eigenvalue weighted by molar-refractivity contribution is 0.220. The number of urea groups is 1. The number of benzene rings is 1. The van der Waals surface area contributed by atoms with Gasteiger partial charge in [-0.05, 0) is 18.6 Å². The normalized spacial score (nSPS) is 18.2. The molecular weight excluding hydrogens is 261 g/mol. The lowest BCUT2D eigenvalue weighted by atomic mass is 10.3. The van der Waals surface area contributed by atoms with Gasteiger partial charge in [-0.1, -0.05) is 17.3 Å². The number of hydrogen-bond acceptors (Lipinski definition) is 3. The molecule has 1 fully saturated rings. The van der Waals surface area contributed by atoms with Crippen LogP contribution < -0.4 is 5.32 Å². The van der Waals surface area contributed by atoms with E-state index in [1.807, 2.05) is 0 Å². The van der Waals surface area contributed by atoms with Crippen LogP contribution in [0.15, 0.2) is 36.7 Å². The highest BCUT2D eigenvalue weighted by Gasteiger charge is 2.28.